The summed E-state index contributed by atoms with van der Waals surface area (Å²) >= 11 is 0. The first-order valence-corrected chi connectivity index (χ1v) is 13.1. The van der Waals surface area contributed by atoms with Gasteiger partial charge in [-0.15, -0.1) is 0 Å². The van der Waals surface area contributed by atoms with Crippen molar-refractivity contribution in [3.8, 4) is 0 Å². The zero-order valence-electron chi connectivity index (χ0n) is 19.9. The van der Waals surface area contributed by atoms with Gasteiger partial charge in [-0.1, -0.05) is 60.2 Å². The lowest BCUT2D eigenvalue weighted by Gasteiger charge is -2.35. The first kappa shape index (κ1) is 22.6. The molecule has 0 amide bonds. The van der Waals surface area contributed by atoms with Gasteiger partial charge in [0.15, 0.2) is 0 Å². The summed E-state index contributed by atoms with van der Waals surface area (Å²) in [5.41, 5.74) is 5.94. The van der Waals surface area contributed by atoms with Crippen LogP contribution in [-0.4, -0.2) is 48.5 Å². The highest BCUT2D eigenvalue weighted by molar-refractivity contribution is 7.89. The SMILES string of the molecule is Cc1cc(C)c(S(=O)(=O)N2CCN(c3nc4ccccc4n3Cc3ccccc3)CC2)c(C)c1. The zero-order valence-corrected chi connectivity index (χ0v) is 20.7. The lowest BCUT2D eigenvalue weighted by atomic mass is 10.1. The Labute approximate surface area is 201 Å². The van der Waals surface area contributed by atoms with Gasteiger partial charge in [-0.2, -0.15) is 4.31 Å². The number of para-hydroxylation sites is 2. The summed E-state index contributed by atoms with van der Waals surface area (Å²) in [5, 5.41) is 0. The smallest absolute Gasteiger partial charge is 0.243 e. The molecule has 6 nitrogen and oxygen atoms in total. The standard InChI is InChI=1S/C27H30N4O2S/c1-20-17-21(2)26(22(3)18-20)34(32,33)30-15-13-29(14-16-30)27-28-24-11-7-8-12-25(24)31(27)19-23-9-5-4-6-10-23/h4-12,17-18H,13-16,19H2,1-3H3. The Bertz CT molecular complexity index is 1410. The van der Waals surface area contributed by atoms with Crippen LogP contribution in [0, 0.1) is 20.8 Å². The second-order valence-corrected chi connectivity index (χ2v) is 11.0. The summed E-state index contributed by atoms with van der Waals surface area (Å²) < 4.78 is 30.9. The Morgan fingerprint density at radius 2 is 1.44 bits per heavy atom. The van der Waals surface area contributed by atoms with Crippen molar-refractivity contribution in [1.29, 1.82) is 0 Å². The molecule has 1 aliphatic heterocycles. The van der Waals surface area contributed by atoms with Crippen LogP contribution >= 0.6 is 0 Å². The van der Waals surface area contributed by atoms with E-state index in [1.807, 2.05) is 69.3 Å². The van der Waals surface area contributed by atoms with E-state index in [1.165, 1.54) is 5.56 Å². The molecule has 2 heterocycles. The highest BCUT2D eigenvalue weighted by atomic mass is 32.2. The second kappa shape index (κ2) is 8.89. The molecule has 0 bridgehead atoms. The summed E-state index contributed by atoms with van der Waals surface area (Å²) in [4.78, 5) is 7.60. The van der Waals surface area contributed by atoms with E-state index in [1.54, 1.807) is 4.31 Å². The van der Waals surface area contributed by atoms with E-state index in [9.17, 15) is 8.42 Å². The molecule has 1 fully saturated rings. The summed E-state index contributed by atoms with van der Waals surface area (Å²) in [6.07, 6.45) is 0. The number of piperazine rings is 1. The van der Waals surface area contributed by atoms with Crippen molar-refractivity contribution < 1.29 is 8.42 Å². The summed E-state index contributed by atoms with van der Waals surface area (Å²) in [5.74, 6) is 0.893. The normalized spacial score (nSPS) is 15.2. The molecule has 1 aliphatic rings. The van der Waals surface area contributed by atoms with Crippen molar-refractivity contribution in [3.05, 3.63) is 89.0 Å². The molecule has 0 saturated carbocycles. The molecule has 0 unspecified atom stereocenters. The predicted molar refractivity (Wildman–Crippen MR) is 137 cm³/mol. The number of hydrogen-bond donors (Lipinski definition) is 0. The molecular weight excluding hydrogens is 444 g/mol. The molecule has 4 aromatic rings. The fourth-order valence-corrected chi connectivity index (χ4v) is 6.89. The van der Waals surface area contributed by atoms with Gasteiger partial charge in [0, 0.05) is 26.2 Å². The lowest BCUT2D eigenvalue weighted by Crippen LogP contribution is -2.49. The number of sulfonamides is 1. The van der Waals surface area contributed by atoms with E-state index in [0.717, 1.165) is 40.2 Å². The van der Waals surface area contributed by atoms with Gasteiger partial charge in [0.05, 0.1) is 22.5 Å². The maximum absolute atomic E-state index is 13.5. The number of aryl methyl sites for hydroxylation is 3. The first-order valence-electron chi connectivity index (χ1n) is 11.7. The minimum atomic E-state index is -3.55. The molecule has 176 valence electrons. The van der Waals surface area contributed by atoms with Gasteiger partial charge in [-0.3, -0.25) is 0 Å². The highest BCUT2D eigenvalue weighted by Crippen LogP contribution is 2.29. The van der Waals surface area contributed by atoms with Crippen LogP contribution in [0.4, 0.5) is 5.95 Å². The van der Waals surface area contributed by atoms with Crippen molar-refractivity contribution >= 4 is 27.0 Å². The first-order chi connectivity index (χ1) is 16.3. The molecule has 7 heteroatoms. The van der Waals surface area contributed by atoms with Crippen LogP contribution < -0.4 is 4.90 Å². The number of imidazole rings is 1. The summed E-state index contributed by atoms with van der Waals surface area (Å²) in [6, 6.07) is 22.4. The van der Waals surface area contributed by atoms with E-state index in [0.29, 0.717) is 31.1 Å². The number of fused-ring (bicyclic) bond motifs is 1. The van der Waals surface area contributed by atoms with Gasteiger partial charge >= 0.3 is 0 Å². The van der Waals surface area contributed by atoms with E-state index < -0.39 is 10.0 Å². The highest BCUT2D eigenvalue weighted by Gasteiger charge is 2.32. The van der Waals surface area contributed by atoms with E-state index in [2.05, 4.69) is 27.7 Å². The Morgan fingerprint density at radius 3 is 2.12 bits per heavy atom. The minimum Gasteiger partial charge on any atom is -0.340 e. The Morgan fingerprint density at radius 1 is 0.824 bits per heavy atom. The van der Waals surface area contributed by atoms with Gasteiger partial charge < -0.3 is 9.47 Å². The summed E-state index contributed by atoms with van der Waals surface area (Å²) in [7, 11) is -3.55. The molecule has 0 spiro atoms. The maximum Gasteiger partial charge on any atom is 0.243 e. The van der Waals surface area contributed by atoms with Crippen molar-refractivity contribution in [1.82, 2.24) is 13.9 Å². The van der Waals surface area contributed by atoms with Crippen molar-refractivity contribution in [2.75, 3.05) is 31.1 Å². The third-order valence-electron chi connectivity index (χ3n) is 6.54. The molecule has 0 atom stereocenters. The average Bonchev–Trinajstić information content (AvgIpc) is 3.17. The quantitative estimate of drug-likeness (QED) is 0.427. The molecule has 0 N–H and O–H groups in total. The molecular formula is C27H30N4O2S. The number of nitrogens with zero attached hydrogens (tertiary/aromatic N) is 4. The number of rotatable bonds is 5. The van der Waals surface area contributed by atoms with Crippen LogP contribution in [-0.2, 0) is 16.6 Å². The molecule has 1 aromatic heterocycles. The number of aromatic nitrogens is 2. The van der Waals surface area contributed by atoms with Crippen LogP contribution in [0.2, 0.25) is 0 Å². The largest absolute Gasteiger partial charge is 0.340 e. The Hall–Kier alpha value is -3.16. The molecule has 1 saturated heterocycles. The van der Waals surface area contributed by atoms with E-state index in [-0.39, 0.29) is 0 Å². The maximum atomic E-state index is 13.5. The third kappa shape index (κ3) is 4.10. The van der Waals surface area contributed by atoms with E-state index >= 15 is 0 Å². The van der Waals surface area contributed by atoms with Crippen molar-refractivity contribution in [2.45, 2.75) is 32.2 Å². The van der Waals surface area contributed by atoms with Gasteiger partial charge in [0.25, 0.3) is 0 Å². The van der Waals surface area contributed by atoms with Gasteiger partial charge in [-0.05, 0) is 49.6 Å². The van der Waals surface area contributed by atoms with Crippen LogP contribution in [0.1, 0.15) is 22.3 Å². The van der Waals surface area contributed by atoms with Gasteiger partial charge in [0.2, 0.25) is 16.0 Å². The lowest BCUT2D eigenvalue weighted by molar-refractivity contribution is 0.381. The average molecular weight is 475 g/mol. The van der Waals surface area contributed by atoms with Crippen molar-refractivity contribution in [3.63, 3.8) is 0 Å². The molecule has 0 aliphatic carbocycles. The second-order valence-electron chi connectivity index (χ2n) is 9.09. The Balaban J connectivity index is 1.42. The summed E-state index contributed by atoms with van der Waals surface area (Å²) in [6.45, 7) is 8.55. The van der Waals surface area contributed by atoms with Crippen LogP contribution in [0.3, 0.4) is 0 Å². The fourth-order valence-electron chi connectivity index (χ4n) is 5.06. The fraction of sp³-hybridized carbons (Fsp3) is 0.296. The van der Waals surface area contributed by atoms with Crippen LogP contribution in [0.25, 0.3) is 11.0 Å². The van der Waals surface area contributed by atoms with E-state index in [4.69, 9.17) is 4.98 Å². The molecule has 3 aromatic carbocycles. The van der Waals surface area contributed by atoms with Gasteiger partial charge in [-0.25, -0.2) is 13.4 Å². The predicted octanol–water partition coefficient (Wildman–Crippen LogP) is 4.52. The zero-order chi connectivity index (χ0) is 23.9. The number of benzene rings is 3. The monoisotopic (exact) mass is 474 g/mol. The number of anilines is 1. The van der Waals surface area contributed by atoms with Gasteiger partial charge in [0.1, 0.15) is 0 Å². The van der Waals surface area contributed by atoms with Crippen molar-refractivity contribution in [2.24, 2.45) is 0 Å². The third-order valence-corrected chi connectivity index (χ3v) is 8.75. The molecule has 34 heavy (non-hydrogen) atoms. The molecule has 0 radical (unpaired) electrons. The van der Waals surface area contributed by atoms with Crippen LogP contribution in [0.5, 0.6) is 0 Å². The molecule has 5 rings (SSSR count). The van der Waals surface area contributed by atoms with Crippen LogP contribution in [0.15, 0.2) is 71.6 Å². The topological polar surface area (TPSA) is 58.4 Å². The minimum absolute atomic E-state index is 0.434. The Kier molecular flexibility index (Phi) is 5.91. The number of hydrogen-bond acceptors (Lipinski definition) is 4.